The fourth-order valence-electron chi connectivity index (χ4n) is 2.18. The minimum absolute atomic E-state index is 0.445. The van der Waals surface area contributed by atoms with Gasteiger partial charge in [0.25, 0.3) is 0 Å². The van der Waals surface area contributed by atoms with E-state index in [1.54, 1.807) is 6.92 Å². The van der Waals surface area contributed by atoms with Crippen molar-refractivity contribution >= 4 is 17.3 Å². The lowest BCUT2D eigenvalue weighted by atomic mass is 10.1. The molecule has 2 rings (SSSR count). The third-order valence-electron chi connectivity index (χ3n) is 3.54. The molecule has 1 aliphatic carbocycles. The van der Waals surface area contributed by atoms with E-state index in [9.17, 15) is 5.11 Å². The quantitative estimate of drug-likeness (QED) is 0.871. The largest absolute Gasteiger partial charge is 0.389 e. The Morgan fingerprint density at radius 2 is 2.00 bits per heavy atom. The molecular weight excluding hydrogens is 246 g/mol. The third kappa shape index (κ3) is 3.18. The van der Waals surface area contributed by atoms with Crippen LogP contribution in [-0.2, 0) is 0 Å². The molecule has 1 N–H and O–H groups in total. The average Bonchev–Trinajstić information content (AvgIpc) is 3.09. The molecule has 1 aromatic rings. The van der Waals surface area contributed by atoms with E-state index in [4.69, 9.17) is 11.6 Å². The standard InChI is InChI=1S/C15H22ClNO/c1-10(2)17(9-12-4-5-12)15-7-6-13(11(3)18)8-14(15)16/h6-8,10-12,18H,4-5,9H2,1-3H3. The number of rotatable bonds is 5. The molecule has 0 radical (unpaired) electrons. The average molecular weight is 268 g/mol. The summed E-state index contributed by atoms with van der Waals surface area (Å²) in [4.78, 5) is 2.37. The van der Waals surface area contributed by atoms with Crippen LogP contribution in [0.25, 0.3) is 0 Å². The lowest BCUT2D eigenvalue weighted by Gasteiger charge is -2.30. The second-order valence-electron chi connectivity index (χ2n) is 5.58. The van der Waals surface area contributed by atoms with Crippen LogP contribution >= 0.6 is 11.6 Å². The van der Waals surface area contributed by atoms with Crippen molar-refractivity contribution in [3.05, 3.63) is 28.8 Å². The smallest absolute Gasteiger partial charge is 0.0762 e. The van der Waals surface area contributed by atoms with Crippen molar-refractivity contribution in [3.8, 4) is 0 Å². The number of hydrogen-bond acceptors (Lipinski definition) is 2. The number of benzene rings is 1. The number of aliphatic hydroxyl groups excluding tert-OH is 1. The first-order chi connectivity index (χ1) is 8.49. The normalized spacial score (nSPS) is 17.0. The summed E-state index contributed by atoms with van der Waals surface area (Å²) in [6, 6.07) is 6.32. The zero-order chi connectivity index (χ0) is 13.3. The van der Waals surface area contributed by atoms with E-state index in [0.717, 1.165) is 28.7 Å². The zero-order valence-corrected chi connectivity index (χ0v) is 12.1. The van der Waals surface area contributed by atoms with Crippen LogP contribution in [0.5, 0.6) is 0 Å². The molecule has 0 amide bonds. The van der Waals surface area contributed by atoms with Crippen LogP contribution < -0.4 is 4.90 Å². The highest BCUT2D eigenvalue weighted by Crippen LogP contribution is 2.35. The number of hydrogen-bond donors (Lipinski definition) is 1. The van der Waals surface area contributed by atoms with Gasteiger partial charge in [0.2, 0.25) is 0 Å². The topological polar surface area (TPSA) is 23.5 Å². The van der Waals surface area contributed by atoms with Gasteiger partial charge < -0.3 is 10.0 Å². The SMILES string of the molecule is CC(O)c1ccc(N(CC2CC2)C(C)C)c(Cl)c1. The van der Waals surface area contributed by atoms with Crippen molar-refractivity contribution in [2.75, 3.05) is 11.4 Å². The molecule has 0 aromatic heterocycles. The van der Waals surface area contributed by atoms with Gasteiger partial charge in [-0.3, -0.25) is 0 Å². The van der Waals surface area contributed by atoms with Crippen LogP contribution in [0, 0.1) is 5.92 Å². The summed E-state index contributed by atoms with van der Waals surface area (Å²) < 4.78 is 0. The Balaban J connectivity index is 2.23. The van der Waals surface area contributed by atoms with Gasteiger partial charge in [-0.2, -0.15) is 0 Å². The van der Waals surface area contributed by atoms with Crippen LogP contribution in [-0.4, -0.2) is 17.7 Å². The van der Waals surface area contributed by atoms with Crippen LogP contribution in [0.3, 0.4) is 0 Å². The molecule has 3 heteroatoms. The van der Waals surface area contributed by atoms with Crippen molar-refractivity contribution in [3.63, 3.8) is 0 Å². The number of nitrogens with zero attached hydrogens (tertiary/aromatic N) is 1. The fraction of sp³-hybridized carbons (Fsp3) is 0.600. The minimum Gasteiger partial charge on any atom is -0.389 e. The van der Waals surface area contributed by atoms with Gasteiger partial charge in [0, 0.05) is 12.6 Å². The molecule has 1 saturated carbocycles. The molecule has 1 fully saturated rings. The van der Waals surface area contributed by atoms with Crippen LogP contribution in [0.2, 0.25) is 5.02 Å². The van der Waals surface area contributed by atoms with E-state index in [0.29, 0.717) is 6.04 Å². The molecule has 2 nitrogen and oxygen atoms in total. The molecule has 1 atom stereocenters. The van der Waals surface area contributed by atoms with Gasteiger partial charge in [-0.15, -0.1) is 0 Å². The molecule has 0 heterocycles. The maximum absolute atomic E-state index is 9.57. The fourth-order valence-corrected chi connectivity index (χ4v) is 2.48. The Hall–Kier alpha value is -0.730. The Labute approximate surface area is 115 Å². The maximum atomic E-state index is 9.57. The van der Waals surface area contributed by atoms with Crippen LogP contribution in [0.4, 0.5) is 5.69 Å². The lowest BCUT2D eigenvalue weighted by molar-refractivity contribution is 0.199. The van der Waals surface area contributed by atoms with Crippen molar-refractivity contribution < 1.29 is 5.11 Å². The van der Waals surface area contributed by atoms with Crippen molar-refractivity contribution in [2.24, 2.45) is 5.92 Å². The summed E-state index contributed by atoms with van der Waals surface area (Å²) in [6.45, 7) is 7.24. The Morgan fingerprint density at radius 1 is 1.33 bits per heavy atom. The molecule has 18 heavy (non-hydrogen) atoms. The highest BCUT2D eigenvalue weighted by atomic mass is 35.5. The molecule has 1 aromatic carbocycles. The highest BCUT2D eigenvalue weighted by Gasteiger charge is 2.26. The number of aliphatic hydroxyl groups is 1. The van der Waals surface area contributed by atoms with E-state index < -0.39 is 6.10 Å². The van der Waals surface area contributed by atoms with Gasteiger partial charge in [0.15, 0.2) is 0 Å². The zero-order valence-electron chi connectivity index (χ0n) is 11.4. The van der Waals surface area contributed by atoms with Gasteiger partial charge in [0.05, 0.1) is 16.8 Å². The first kappa shape index (κ1) is 13.7. The first-order valence-corrected chi connectivity index (χ1v) is 7.11. The molecule has 1 unspecified atom stereocenters. The molecular formula is C15H22ClNO. The summed E-state index contributed by atoms with van der Waals surface area (Å²) in [5.74, 6) is 0.833. The van der Waals surface area contributed by atoms with E-state index in [2.05, 4.69) is 18.7 Å². The van der Waals surface area contributed by atoms with Gasteiger partial charge in [-0.25, -0.2) is 0 Å². The summed E-state index contributed by atoms with van der Waals surface area (Å²) >= 11 is 6.36. The van der Waals surface area contributed by atoms with E-state index in [1.165, 1.54) is 12.8 Å². The van der Waals surface area contributed by atoms with Crippen molar-refractivity contribution in [1.29, 1.82) is 0 Å². The Morgan fingerprint density at radius 3 is 2.44 bits per heavy atom. The molecule has 1 aliphatic rings. The summed E-state index contributed by atoms with van der Waals surface area (Å²) in [7, 11) is 0. The lowest BCUT2D eigenvalue weighted by Crippen LogP contribution is -2.33. The third-order valence-corrected chi connectivity index (χ3v) is 3.84. The summed E-state index contributed by atoms with van der Waals surface area (Å²) in [5.41, 5.74) is 1.96. The van der Waals surface area contributed by atoms with Gasteiger partial charge in [0.1, 0.15) is 0 Å². The van der Waals surface area contributed by atoms with Crippen molar-refractivity contribution in [1.82, 2.24) is 0 Å². The first-order valence-electron chi connectivity index (χ1n) is 6.73. The molecule has 100 valence electrons. The number of halogens is 1. The second-order valence-corrected chi connectivity index (χ2v) is 5.98. The maximum Gasteiger partial charge on any atom is 0.0762 e. The van der Waals surface area contributed by atoms with Crippen LogP contribution in [0.15, 0.2) is 18.2 Å². The van der Waals surface area contributed by atoms with Gasteiger partial charge in [-0.05, 0) is 57.2 Å². The van der Waals surface area contributed by atoms with E-state index in [1.807, 2.05) is 18.2 Å². The van der Waals surface area contributed by atoms with E-state index >= 15 is 0 Å². The predicted molar refractivity (Wildman–Crippen MR) is 77.3 cm³/mol. The monoisotopic (exact) mass is 267 g/mol. The Kier molecular flexibility index (Phi) is 4.18. The predicted octanol–water partition coefficient (Wildman–Crippen LogP) is 4.02. The molecule has 0 aliphatic heterocycles. The molecule has 0 spiro atoms. The van der Waals surface area contributed by atoms with Gasteiger partial charge in [-0.1, -0.05) is 17.7 Å². The number of anilines is 1. The highest BCUT2D eigenvalue weighted by molar-refractivity contribution is 6.33. The summed E-state index contributed by atoms with van der Waals surface area (Å²) in [5, 5.41) is 10.3. The minimum atomic E-state index is -0.465. The molecule has 0 saturated heterocycles. The van der Waals surface area contributed by atoms with Gasteiger partial charge >= 0.3 is 0 Å². The molecule has 0 bridgehead atoms. The van der Waals surface area contributed by atoms with Crippen molar-refractivity contribution in [2.45, 2.75) is 45.8 Å². The Bertz CT molecular complexity index is 413. The second kappa shape index (κ2) is 5.50. The summed E-state index contributed by atoms with van der Waals surface area (Å²) in [6.07, 6.45) is 2.21. The van der Waals surface area contributed by atoms with Crippen LogP contribution in [0.1, 0.15) is 45.3 Å². The van der Waals surface area contributed by atoms with E-state index in [-0.39, 0.29) is 0 Å².